The first-order valence-electron chi connectivity index (χ1n) is 12.3. The minimum Gasteiger partial charge on any atom is -0.329 e. The maximum atomic E-state index is 14.1. The molecule has 2 aromatic carbocycles. The second-order valence-electron chi connectivity index (χ2n) is 11.4. The van der Waals surface area contributed by atoms with Crippen molar-refractivity contribution < 1.29 is 4.79 Å². The van der Waals surface area contributed by atoms with Gasteiger partial charge in [0.1, 0.15) is 5.69 Å². The van der Waals surface area contributed by atoms with Gasteiger partial charge in [-0.15, -0.1) is 0 Å². The Labute approximate surface area is 207 Å². The Morgan fingerprint density at radius 2 is 1.85 bits per heavy atom. The van der Waals surface area contributed by atoms with Crippen LogP contribution in [0.1, 0.15) is 67.2 Å². The smallest absolute Gasteiger partial charge is 0.272 e. The molecule has 3 atom stereocenters. The molecule has 2 fully saturated rings. The van der Waals surface area contributed by atoms with Crippen molar-refractivity contribution in [1.82, 2.24) is 15.1 Å². The molecular weight excluding hydrogens is 442 g/mol. The lowest BCUT2D eigenvalue weighted by Gasteiger charge is -2.48. The Hall–Kier alpha value is -2.59. The predicted octanol–water partition coefficient (Wildman–Crippen LogP) is 7.20. The van der Waals surface area contributed by atoms with E-state index >= 15 is 0 Å². The molecule has 5 heteroatoms. The van der Waals surface area contributed by atoms with Crippen molar-refractivity contribution in [3.05, 3.63) is 75.9 Å². The van der Waals surface area contributed by atoms with Crippen LogP contribution in [0, 0.1) is 30.6 Å². The molecule has 0 radical (unpaired) electrons. The number of aromatic nitrogens is 2. The second kappa shape index (κ2) is 8.27. The van der Waals surface area contributed by atoms with E-state index in [1.807, 2.05) is 31.2 Å². The molecule has 2 aliphatic carbocycles. The number of amides is 1. The summed E-state index contributed by atoms with van der Waals surface area (Å²) in [6.07, 6.45) is 3.64. The fraction of sp³-hybridized carbons (Fsp3) is 0.448. The molecule has 0 saturated heterocycles. The van der Waals surface area contributed by atoms with Crippen LogP contribution in [0.3, 0.4) is 0 Å². The van der Waals surface area contributed by atoms with Gasteiger partial charge in [0.25, 0.3) is 5.91 Å². The monoisotopic (exact) mass is 475 g/mol. The number of aryl methyl sites for hydroxylation is 2. The van der Waals surface area contributed by atoms with Crippen molar-refractivity contribution in [3.8, 4) is 11.3 Å². The summed E-state index contributed by atoms with van der Waals surface area (Å²) in [5.74, 6) is 0.682. The average molecular weight is 476 g/mol. The van der Waals surface area contributed by atoms with Crippen molar-refractivity contribution in [2.24, 2.45) is 16.7 Å². The van der Waals surface area contributed by atoms with Gasteiger partial charge < -0.3 is 4.90 Å². The Morgan fingerprint density at radius 1 is 1.12 bits per heavy atom. The zero-order valence-electron chi connectivity index (χ0n) is 20.8. The van der Waals surface area contributed by atoms with E-state index < -0.39 is 0 Å². The first-order valence-corrected chi connectivity index (χ1v) is 12.6. The van der Waals surface area contributed by atoms with Gasteiger partial charge in [-0.2, -0.15) is 5.10 Å². The standard InChI is InChI=1S/C29H34ClN3O/c1-18-6-8-20(9-7-18)17-33(27-28(3,4)22-12-13-29(27,5)16-22)26(34)25-15-24(31-32-25)21-10-11-23(30)19(2)14-21/h6-11,14-15,22,27H,12-13,16-17H2,1-5H3,(H,31,32)/t22?,27?,29-/m0/s1. The molecule has 178 valence electrons. The van der Waals surface area contributed by atoms with E-state index in [2.05, 4.69) is 67.1 Å². The zero-order chi connectivity index (χ0) is 24.3. The predicted molar refractivity (Wildman–Crippen MR) is 138 cm³/mol. The first kappa shape index (κ1) is 23.2. The summed E-state index contributed by atoms with van der Waals surface area (Å²) in [6, 6.07) is 16.4. The highest BCUT2D eigenvalue weighted by Crippen LogP contribution is 2.64. The lowest BCUT2D eigenvalue weighted by Crippen LogP contribution is -2.54. The highest BCUT2D eigenvalue weighted by atomic mass is 35.5. The van der Waals surface area contributed by atoms with Gasteiger partial charge in [-0.3, -0.25) is 9.89 Å². The van der Waals surface area contributed by atoms with Crippen LogP contribution in [0.25, 0.3) is 11.3 Å². The molecule has 1 aromatic heterocycles. The number of aromatic amines is 1. The van der Waals surface area contributed by atoms with Crippen molar-refractivity contribution in [3.63, 3.8) is 0 Å². The number of H-pyrrole nitrogens is 1. The van der Waals surface area contributed by atoms with Gasteiger partial charge in [-0.1, -0.05) is 68.3 Å². The number of carbonyl (C=O) groups excluding carboxylic acids is 1. The van der Waals surface area contributed by atoms with E-state index in [9.17, 15) is 4.79 Å². The molecule has 5 rings (SSSR count). The number of nitrogens with one attached hydrogen (secondary N) is 1. The van der Waals surface area contributed by atoms with Gasteiger partial charge in [0.05, 0.1) is 5.69 Å². The van der Waals surface area contributed by atoms with Crippen LogP contribution in [0.5, 0.6) is 0 Å². The topological polar surface area (TPSA) is 49.0 Å². The second-order valence-corrected chi connectivity index (χ2v) is 11.8. The third-order valence-corrected chi connectivity index (χ3v) is 8.93. The first-order chi connectivity index (χ1) is 16.1. The van der Waals surface area contributed by atoms with E-state index in [0.717, 1.165) is 27.4 Å². The SMILES string of the molecule is Cc1ccc(CN(C(=O)c2cc(-c3ccc(Cl)c(C)c3)n[nH]2)C2C(C)(C)C3CC[C@@]2(C)C3)cc1. The molecule has 34 heavy (non-hydrogen) atoms. The fourth-order valence-corrected chi connectivity index (χ4v) is 6.88. The molecule has 2 aliphatic rings. The third-order valence-electron chi connectivity index (χ3n) is 8.50. The van der Waals surface area contributed by atoms with E-state index in [4.69, 9.17) is 11.6 Å². The Bertz CT molecular complexity index is 1220. The number of carbonyl (C=O) groups is 1. The van der Waals surface area contributed by atoms with Crippen LogP contribution in [-0.4, -0.2) is 27.0 Å². The van der Waals surface area contributed by atoms with E-state index in [1.54, 1.807) is 0 Å². The summed E-state index contributed by atoms with van der Waals surface area (Å²) >= 11 is 6.21. The lowest BCUT2D eigenvalue weighted by molar-refractivity contribution is 0.00267. The van der Waals surface area contributed by atoms with Gasteiger partial charge in [-0.05, 0) is 79.2 Å². The van der Waals surface area contributed by atoms with Crippen LogP contribution in [0.4, 0.5) is 0 Å². The van der Waals surface area contributed by atoms with Crippen molar-refractivity contribution in [2.75, 3.05) is 0 Å². The summed E-state index contributed by atoms with van der Waals surface area (Å²) in [4.78, 5) is 16.2. The van der Waals surface area contributed by atoms with Crippen LogP contribution in [-0.2, 0) is 6.54 Å². The molecule has 3 aromatic rings. The third kappa shape index (κ3) is 3.86. The number of hydrogen-bond donors (Lipinski definition) is 1. The molecule has 2 unspecified atom stereocenters. The molecule has 2 saturated carbocycles. The zero-order valence-corrected chi connectivity index (χ0v) is 21.5. The minimum atomic E-state index is 0.0249. The number of rotatable bonds is 5. The van der Waals surface area contributed by atoms with Gasteiger partial charge in [0, 0.05) is 23.2 Å². The number of nitrogens with zero attached hydrogens (tertiary/aromatic N) is 2. The summed E-state index contributed by atoms with van der Waals surface area (Å²) in [5.41, 5.74) is 5.85. The molecule has 1 amide bonds. The van der Waals surface area contributed by atoms with E-state index in [-0.39, 0.29) is 22.8 Å². The fourth-order valence-electron chi connectivity index (χ4n) is 6.76. The average Bonchev–Trinajstić information content (AvgIpc) is 3.48. The Morgan fingerprint density at radius 3 is 2.50 bits per heavy atom. The molecule has 0 spiro atoms. The summed E-state index contributed by atoms with van der Waals surface area (Å²) in [5, 5.41) is 8.27. The van der Waals surface area contributed by atoms with Crippen molar-refractivity contribution in [1.29, 1.82) is 0 Å². The summed E-state index contributed by atoms with van der Waals surface area (Å²) in [7, 11) is 0. The molecule has 0 aliphatic heterocycles. The largest absolute Gasteiger partial charge is 0.329 e. The van der Waals surface area contributed by atoms with E-state index in [0.29, 0.717) is 18.2 Å². The van der Waals surface area contributed by atoms with Crippen molar-refractivity contribution >= 4 is 17.5 Å². The highest BCUT2D eigenvalue weighted by molar-refractivity contribution is 6.31. The van der Waals surface area contributed by atoms with Crippen LogP contribution < -0.4 is 0 Å². The summed E-state index contributed by atoms with van der Waals surface area (Å²) in [6.45, 7) is 11.8. The number of hydrogen-bond acceptors (Lipinski definition) is 2. The van der Waals surface area contributed by atoms with Crippen molar-refractivity contribution in [2.45, 2.75) is 66.5 Å². The quantitative estimate of drug-likeness (QED) is 0.424. The number of halogens is 1. The highest BCUT2D eigenvalue weighted by Gasteiger charge is 2.62. The maximum Gasteiger partial charge on any atom is 0.272 e. The lowest BCUT2D eigenvalue weighted by atomic mass is 9.67. The Kier molecular flexibility index (Phi) is 5.63. The minimum absolute atomic E-state index is 0.0249. The van der Waals surface area contributed by atoms with Gasteiger partial charge in [0.15, 0.2) is 0 Å². The molecular formula is C29H34ClN3O. The van der Waals surface area contributed by atoms with Gasteiger partial charge in [0.2, 0.25) is 0 Å². The molecule has 2 bridgehead atoms. The van der Waals surface area contributed by atoms with Crippen LogP contribution in [0.2, 0.25) is 5.02 Å². The normalized spacial score (nSPS) is 25.0. The van der Waals surface area contributed by atoms with E-state index in [1.165, 1.54) is 24.8 Å². The van der Waals surface area contributed by atoms with Crippen LogP contribution in [0.15, 0.2) is 48.5 Å². The van der Waals surface area contributed by atoms with Gasteiger partial charge >= 0.3 is 0 Å². The molecule has 4 nitrogen and oxygen atoms in total. The van der Waals surface area contributed by atoms with Gasteiger partial charge in [-0.25, -0.2) is 0 Å². The summed E-state index contributed by atoms with van der Waals surface area (Å²) < 4.78 is 0. The molecule has 1 heterocycles. The number of fused-ring (bicyclic) bond motifs is 2. The molecule has 1 N–H and O–H groups in total. The Balaban J connectivity index is 1.51. The van der Waals surface area contributed by atoms with Crippen LogP contribution >= 0.6 is 11.6 Å². The number of benzene rings is 2. The maximum absolute atomic E-state index is 14.1.